The number of hydrogen-bond donors (Lipinski definition) is 2. The van der Waals surface area contributed by atoms with Crippen LogP contribution in [0.15, 0.2) is 12.7 Å². The minimum absolute atomic E-state index is 0.190. The summed E-state index contributed by atoms with van der Waals surface area (Å²) in [5.74, 6) is 0.261. The van der Waals surface area contributed by atoms with E-state index in [1.54, 1.807) is 6.33 Å². The molecule has 2 aromatic rings. The Bertz CT molecular complexity index is 582. The third kappa shape index (κ3) is 1.87. The lowest BCUT2D eigenvalue weighted by molar-refractivity contribution is -0.137. The van der Waals surface area contributed by atoms with Crippen LogP contribution in [0.2, 0.25) is 0 Å². The van der Waals surface area contributed by atoms with Crippen LogP contribution in [0.5, 0.6) is 0 Å². The molecule has 0 saturated carbocycles. The van der Waals surface area contributed by atoms with Gasteiger partial charge in [-0.25, -0.2) is 15.0 Å². The molecule has 94 valence electrons. The van der Waals surface area contributed by atoms with Crippen molar-refractivity contribution in [2.24, 2.45) is 5.92 Å². The normalized spacial score (nSPS) is 19.6. The van der Waals surface area contributed by atoms with Gasteiger partial charge in [-0.05, 0) is 12.3 Å². The summed E-state index contributed by atoms with van der Waals surface area (Å²) >= 11 is 0. The molecule has 0 bridgehead atoms. The van der Waals surface area contributed by atoms with Gasteiger partial charge in [0.2, 0.25) is 0 Å². The number of carboxylic acids is 1. The van der Waals surface area contributed by atoms with Gasteiger partial charge in [0, 0.05) is 19.5 Å². The van der Waals surface area contributed by atoms with Gasteiger partial charge >= 0.3 is 5.97 Å². The summed E-state index contributed by atoms with van der Waals surface area (Å²) in [7, 11) is 0. The highest BCUT2D eigenvalue weighted by Gasteiger charge is 2.26. The highest BCUT2D eigenvalue weighted by Crippen LogP contribution is 2.27. The van der Waals surface area contributed by atoms with Gasteiger partial charge in [0.15, 0.2) is 11.5 Å². The molecule has 0 aliphatic carbocycles. The van der Waals surface area contributed by atoms with Crippen molar-refractivity contribution < 1.29 is 9.90 Å². The lowest BCUT2D eigenvalue weighted by Crippen LogP contribution is -2.22. The van der Waals surface area contributed by atoms with E-state index in [1.165, 1.54) is 6.33 Å². The average molecular weight is 247 g/mol. The molecule has 0 amide bonds. The highest BCUT2D eigenvalue weighted by molar-refractivity contribution is 5.82. The first-order valence-electron chi connectivity index (χ1n) is 5.85. The zero-order valence-electron chi connectivity index (χ0n) is 9.70. The van der Waals surface area contributed by atoms with Crippen LogP contribution in [0.3, 0.4) is 0 Å². The molecule has 2 aromatic heterocycles. The van der Waals surface area contributed by atoms with Gasteiger partial charge in [-0.2, -0.15) is 0 Å². The summed E-state index contributed by atoms with van der Waals surface area (Å²) in [6.07, 6.45) is 4.18. The fourth-order valence-electron chi connectivity index (χ4n) is 2.43. The van der Waals surface area contributed by atoms with Gasteiger partial charge < -0.3 is 15.0 Å². The number of imidazole rings is 1. The number of carboxylic acid groups (broad SMARTS) is 1. The van der Waals surface area contributed by atoms with Crippen LogP contribution < -0.4 is 4.90 Å². The van der Waals surface area contributed by atoms with Crippen LogP contribution in [-0.4, -0.2) is 44.1 Å². The van der Waals surface area contributed by atoms with Crippen molar-refractivity contribution in [2.75, 3.05) is 18.0 Å². The van der Waals surface area contributed by atoms with E-state index >= 15 is 0 Å². The first-order valence-corrected chi connectivity index (χ1v) is 5.85. The Morgan fingerprint density at radius 1 is 1.50 bits per heavy atom. The van der Waals surface area contributed by atoms with E-state index in [2.05, 4.69) is 24.8 Å². The number of rotatable bonds is 3. The van der Waals surface area contributed by atoms with Crippen LogP contribution in [0.1, 0.15) is 12.8 Å². The van der Waals surface area contributed by atoms with Gasteiger partial charge in [0.25, 0.3) is 0 Å². The largest absolute Gasteiger partial charge is 0.481 e. The molecule has 2 N–H and O–H groups in total. The fraction of sp³-hybridized carbons (Fsp3) is 0.455. The molecule has 0 spiro atoms. The molecule has 7 heteroatoms. The summed E-state index contributed by atoms with van der Waals surface area (Å²) < 4.78 is 0. The number of fused-ring (bicyclic) bond motifs is 1. The molecule has 18 heavy (non-hydrogen) atoms. The van der Waals surface area contributed by atoms with Crippen LogP contribution in [-0.2, 0) is 4.79 Å². The zero-order chi connectivity index (χ0) is 12.5. The number of nitrogens with one attached hydrogen (secondary N) is 1. The molecule has 0 aromatic carbocycles. The molecular formula is C11H13N5O2. The van der Waals surface area contributed by atoms with Gasteiger partial charge in [0.1, 0.15) is 11.8 Å². The van der Waals surface area contributed by atoms with Crippen molar-refractivity contribution in [1.29, 1.82) is 0 Å². The number of carbonyl (C=O) groups is 1. The molecule has 7 nitrogen and oxygen atoms in total. The van der Waals surface area contributed by atoms with Gasteiger partial charge in [0.05, 0.1) is 6.33 Å². The number of aromatic nitrogens is 4. The molecule has 1 aliphatic rings. The predicted molar refractivity (Wildman–Crippen MR) is 64.3 cm³/mol. The van der Waals surface area contributed by atoms with E-state index in [4.69, 9.17) is 5.11 Å². The molecule has 1 unspecified atom stereocenters. The van der Waals surface area contributed by atoms with E-state index in [9.17, 15) is 4.79 Å². The van der Waals surface area contributed by atoms with Crippen LogP contribution in [0.25, 0.3) is 11.2 Å². The number of anilines is 1. The monoisotopic (exact) mass is 247 g/mol. The molecule has 0 radical (unpaired) electrons. The van der Waals surface area contributed by atoms with Crippen LogP contribution in [0.4, 0.5) is 5.82 Å². The second-order valence-corrected chi connectivity index (χ2v) is 4.50. The smallest absolute Gasteiger partial charge is 0.303 e. The molecule has 3 rings (SSSR count). The molecule has 1 fully saturated rings. The molecular weight excluding hydrogens is 234 g/mol. The van der Waals surface area contributed by atoms with Crippen molar-refractivity contribution >= 4 is 23.0 Å². The highest BCUT2D eigenvalue weighted by atomic mass is 16.4. The van der Waals surface area contributed by atoms with Crippen molar-refractivity contribution in [1.82, 2.24) is 19.9 Å². The van der Waals surface area contributed by atoms with Crippen molar-refractivity contribution in [3.05, 3.63) is 12.7 Å². The Balaban J connectivity index is 1.84. The summed E-state index contributed by atoms with van der Waals surface area (Å²) in [5, 5.41) is 8.81. The predicted octanol–water partition coefficient (Wildman–Crippen LogP) is 0.654. The van der Waals surface area contributed by atoms with Crippen molar-refractivity contribution in [3.63, 3.8) is 0 Å². The van der Waals surface area contributed by atoms with E-state index in [-0.39, 0.29) is 12.3 Å². The maximum Gasteiger partial charge on any atom is 0.303 e. The zero-order valence-corrected chi connectivity index (χ0v) is 9.70. The molecule has 3 heterocycles. The Morgan fingerprint density at radius 2 is 2.39 bits per heavy atom. The first kappa shape index (κ1) is 10.9. The Labute approximate surface area is 103 Å². The summed E-state index contributed by atoms with van der Waals surface area (Å²) in [4.78, 5) is 28.3. The Hall–Kier alpha value is -2.18. The number of hydrogen-bond acceptors (Lipinski definition) is 5. The van der Waals surface area contributed by atoms with E-state index in [1.807, 2.05) is 0 Å². The maximum atomic E-state index is 10.7. The lowest BCUT2D eigenvalue weighted by atomic mass is 10.1. The minimum atomic E-state index is -0.740. The summed E-state index contributed by atoms with van der Waals surface area (Å²) in [5.41, 5.74) is 1.45. The third-order valence-corrected chi connectivity index (χ3v) is 3.25. The number of H-pyrrole nitrogens is 1. The van der Waals surface area contributed by atoms with Crippen LogP contribution >= 0.6 is 0 Å². The number of aromatic amines is 1. The molecule has 1 saturated heterocycles. The number of nitrogens with zero attached hydrogens (tertiary/aromatic N) is 4. The van der Waals surface area contributed by atoms with Gasteiger partial charge in [-0.1, -0.05) is 0 Å². The lowest BCUT2D eigenvalue weighted by Gasteiger charge is -2.17. The maximum absolute atomic E-state index is 10.7. The molecule has 1 aliphatic heterocycles. The second kappa shape index (κ2) is 4.25. The van der Waals surface area contributed by atoms with E-state index < -0.39 is 5.97 Å². The van der Waals surface area contributed by atoms with Crippen molar-refractivity contribution in [3.8, 4) is 0 Å². The average Bonchev–Trinajstić information content (AvgIpc) is 2.95. The first-order chi connectivity index (χ1) is 8.74. The SMILES string of the molecule is O=C(O)CC1CCN(c2ncnc3nc[nH]c23)C1. The fourth-order valence-corrected chi connectivity index (χ4v) is 2.43. The van der Waals surface area contributed by atoms with E-state index in [0.717, 1.165) is 30.8 Å². The summed E-state index contributed by atoms with van der Waals surface area (Å²) in [6.45, 7) is 1.54. The summed E-state index contributed by atoms with van der Waals surface area (Å²) in [6, 6.07) is 0. The minimum Gasteiger partial charge on any atom is -0.481 e. The van der Waals surface area contributed by atoms with Gasteiger partial charge in [-0.15, -0.1) is 0 Å². The Morgan fingerprint density at radius 3 is 3.22 bits per heavy atom. The van der Waals surface area contributed by atoms with Crippen LogP contribution in [0, 0.1) is 5.92 Å². The quantitative estimate of drug-likeness (QED) is 0.827. The topological polar surface area (TPSA) is 95.0 Å². The standard InChI is InChI=1S/C11H13N5O2/c17-8(18)3-7-1-2-16(4-7)11-9-10(13-5-12-9)14-6-15-11/h5-7H,1-4H2,(H,17,18)(H,12,13,14,15). The van der Waals surface area contributed by atoms with Gasteiger partial charge in [-0.3, -0.25) is 4.79 Å². The number of aliphatic carboxylic acids is 1. The Kier molecular flexibility index (Phi) is 2.58. The van der Waals surface area contributed by atoms with E-state index in [0.29, 0.717) is 5.65 Å². The third-order valence-electron chi connectivity index (χ3n) is 3.25. The molecule has 1 atom stereocenters. The second-order valence-electron chi connectivity index (χ2n) is 4.50. The van der Waals surface area contributed by atoms with Crippen molar-refractivity contribution in [2.45, 2.75) is 12.8 Å².